The summed E-state index contributed by atoms with van der Waals surface area (Å²) < 4.78 is 5.14. The molecule has 0 aliphatic rings. The average molecular weight is 296 g/mol. The van der Waals surface area contributed by atoms with Crippen LogP contribution in [0.4, 0.5) is 5.69 Å². The summed E-state index contributed by atoms with van der Waals surface area (Å²) in [5.41, 5.74) is 0.981. The molecule has 0 heterocycles. The Morgan fingerprint density at radius 3 is 2.37 bits per heavy atom. The van der Waals surface area contributed by atoms with Crippen LogP contribution in [0.15, 0.2) is 42.5 Å². The second kappa shape index (κ2) is 5.95. The molecule has 0 bridgehead atoms. The Bertz CT molecular complexity index is 594. The molecule has 98 valence electrons. The summed E-state index contributed by atoms with van der Waals surface area (Å²) >= 11 is 11.8. The van der Waals surface area contributed by atoms with Gasteiger partial charge in [0.1, 0.15) is 5.75 Å². The highest BCUT2D eigenvalue weighted by atomic mass is 35.5. The predicted molar refractivity (Wildman–Crippen MR) is 77.4 cm³/mol. The molecule has 1 amide bonds. The Morgan fingerprint density at radius 2 is 1.74 bits per heavy atom. The van der Waals surface area contributed by atoms with Gasteiger partial charge >= 0.3 is 0 Å². The van der Waals surface area contributed by atoms with E-state index in [1.165, 1.54) is 7.11 Å². The number of amides is 1. The van der Waals surface area contributed by atoms with Crippen molar-refractivity contribution in [1.29, 1.82) is 0 Å². The van der Waals surface area contributed by atoms with Gasteiger partial charge in [-0.05, 0) is 30.3 Å². The molecule has 0 saturated heterocycles. The van der Waals surface area contributed by atoms with Crippen molar-refractivity contribution >= 4 is 34.8 Å². The van der Waals surface area contributed by atoms with Crippen LogP contribution < -0.4 is 10.1 Å². The predicted octanol–water partition coefficient (Wildman–Crippen LogP) is 4.25. The molecule has 0 atom stereocenters. The minimum atomic E-state index is -0.282. The molecule has 0 spiro atoms. The van der Waals surface area contributed by atoms with Gasteiger partial charge in [-0.2, -0.15) is 0 Å². The number of ether oxygens (including phenoxy) is 1. The summed E-state index contributed by atoms with van der Waals surface area (Å²) in [6.45, 7) is 0. The van der Waals surface area contributed by atoms with Crippen LogP contribution in [0.25, 0.3) is 0 Å². The second-order valence-electron chi connectivity index (χ2n) is 3.81. The van der Waals surface area contributed by atoms with E-state index in [0.717, 1.165) is 0 Å². The van der Waals surface area contributed by atoms with E-state index in [9.17, 15) is 4.79 Å². The molecule has 0 aromatic heterocycles. The molecule has 0 aliphatic heterocycles. The van der Waals surface area contributed by atoms with Crippen molar-refractivity contribution in [3.8, 4) is 5.75 Å². The smallest absolute Gasteiger partial charge is 0.259 e. The van der Waals surface area contributed by atoms with Crippen molar-refractivity contribution in [2.24, 2.45) is 0 Å². The van der Waals surface area contributed by atoms with Crippen LogP contribution in [0, 0.1) is 0 Å². The third-order valence-electron chi connectivity index (χ3n) is 2.47. The lowest BCUT2D eigenvalue weighted by molar-refractivity contribution is 0.102. The molecule has 2 rings (SSSR count). The van der Waals surface area contributed by atoms with Gasteiger partial charge in [-0.15, -0.1) is 0 Å². The second-order valence-corrected chi connectivity index (χ2v) is 4.69. The Kier molecular flexibility index (Phi) is 4.30. The molecular formula is C14H11Cl2NO2. The SMILES string of the molecule is COc1ccccc1C(=O)Nc1cc(Cl)cc(Cl)c1. The van der Waals surface area contributed by atoms with Crippen LogP contribution in [-0.4, -0.2) is 13.0 Å². The number of halogens is 2. The van der Waals surface area contributed by atoms with E-state index in [1.807, 2.05) is 0 Å². The highest BCUT2D eigenvalue weighted by Crippen LogP contribution is 2.24. The normalized spacial score (nSPS) is 10.1. The van der Waals surface area contributed by atoms with E-state index < -0.39 is 0 Å². The van der Waals surface area contributed by atoms with Crippen LogP contribution in [0.2, 0.25) is 10.0 Å². The Hall–Kier alpha value is -1.71. The van der Waals surface area contributed by atoms with Crippen molar-refractivity contribution in [2.45, 2.75) is 0 Å². The lowest BCUT2D eigenvalue weighted by Crippen LogP contribution is -2.13. The number of carbonyl (C=O) groups is 1. The molecule has 2 aromatic carbocycles. The minimum Gasteiger partial charge on any atom is -0.496 e. The third kappa shape index (κ3) is 3.40. The number of benzene rings is 2. The van der Waals surface area contributed by atoms with Gasteiger partial charge in [-0.25, -0.2) is 0 Å². The van der Waals surface area contributed by atoms with Gasteiger partial charge in [0, 0.05) is 15.7 Å². The summed E-state index contributed by atoms with van der Waals surface area (Å²) in [6, 6.07) is 11.8. The number of anilines is 1. The number of nitrogens with one attached hydrogen (secondary N) is 1. The highest BCUT2D eigenvalue weighted by molar-refractivity contribution is 6.35. The van der Waals surface area contributed by atoms with Crippen LogP contribution >= 0.6 is 23.2 Å². The van der Waals surface area contributed by atoms with Crippen LogP contribution in [-0.2, 0) is 0 Å². The summed E-state index contributed by atoms with van der Waals surface area (Å²) in [6.07, 6.45) is 0. The van der Waals surface area contributed by atoms with Gasteiger partial charge < -0.3 is 10.1 Å². The molecule has 19 heavy (non-hydrogen) atoms. The molecule has 0 aliphatic carbocycles. The van der Waals surface area contributed by atoms with E-state index in [2.05, 4.69) is 5.32 Å². The monoisotopic (exact) mass is 295 g/mol. The fourth-order valence-electron chi connectivity index (χ4n) is 1.66. The van der Waals surface area contributed by atoms with E-state index in [4.69, 9.17) is 27.9 Å². The summed E-state index contributed by atoms with van der Waals surface area (Å²) in [5, 5.41) is 3.65. The van der Waals surface area contributed by atoms with E-state index in [0.29, 0.717) is 27.0 Å². The largest absolute Gasteiger partial charge is 0.496 e. The first-order valence-corrected chi connectivity index (χ1v) is 6.26. The van der Waals surface area contributed by atoms with Gasteiger partial charge in [0.05, 0.1) is 12.7 Å². The van der Waals surface area contributed by atoms with Crippen LogP contribution in [0.1, 0.15) is 10.4 Å². The maximum absolute atomic E-state index is 12.1. The Morgan fingerprint density at radius 1 is 1.11 bits per heavy atom. The van der Waals surface area contributed by atoms with Gasteiger partial charge in [-0.3, -0.25) is 4.79 Å². The molecule has 0 unspecified atom stereocenters. The van der Waals surface area contributed by atoms with E-state index in [-0.39, 0.29) is 5.91 Å². The molecule has 0 saturated carbocycles. The first-order valence-electron chi connectivity index (χ1n) is 5.50. The van der Waals surface area contributed by atoms with Gasteiger partial charge in [0.15, 0.2) is 0 Å². The first-order chi connectivity index (χ1) is 9.10. The standard InChI is InChI=1S/C14H11Cl2NO2/c1-19-13-5-3-2-4-12(13)14(18)17-11-7-9(15)6-10(16)8-11/h2-8H,1H3,(H,17,18). The number of rotatable bonds is 3. The molecule has 5 heteroatoms. The van der Waals surface area contributed by atoms with Crippen molar-refractivity contribution in [2.75, 3.05) is 12.4 Å². The molecule has 2 aromatic rings. The maximum atomic E-state index is 12.1. The Labute approximate surface area is 121 Å². The fraction of sp³-hybridized carbons (Fsp3) is 0.0714. The number of hydrogen-bond donors (Lipinski definition) is 1. The van der Waals surface area contributed by atoms with Gasteiger partial charge in [0.2, 0.25) is 0 Å². The minimum absolute atomic E-state index is 0.282. The number of carbonyl (C=O) groups excluding carboxylic acids is 1. The van der Waals surface area contributed by atoms with Crippen molar-refractivity contribution in [1.82, 2.24) is 0 Å². The Balaban J connectivity index is 2.25. The fourth-order valence-corrected chi connectivity index (χ4v) is 2.18. The topological polar surface area (TPSA) is 38.3 Å². The van der Waals surface area contributed by atoms with Crippen molar-refractivity contribution in [3.63, 3.8) is 0 Å². The van der Waals surface area contributed by atoms with Crippen molar-refractivity contribution in [3.05, 3.63) is 58.1 Å². The molecule has 3 nitrogen and oxygen atoms in total. The number of methoxy groups -OCH3 is 1. The summed E-state index contributed by atoms with van der Waals surface area (Å²) in [4.78, 5) is 12.1. The summed E-state index contributed by atoms with van der Waals surface area (Å²) in [7, 11) is 1.52. The zero-order valence-corrected chi connectivity index (χ0v) is 11.6. The number of para-hydroxylation sites is 1. The van der Waals surface area contributed by atoms with Gasteiger partial charge in [0.25, 0.3) is 5.91 Å². The van der Waals surface area contributed by atoms with Crippen LogP contribution in [0.5, 0.6) is 5.75 Å². The zero-order chi connectivity index (χ0) is 13.8. The van der Waals surface area contributed by atoms with Gasteiger partial charge in [-0.1, -0.05) is 35.3 Å². The van der Waals surface area contributed by atoms with E-state index >= 15 is 0 Å². The molecule has 0 radical (unpaired) electrons. The maximum Gasteiger partial charge on any atom is 0.259 e. The lowest BCUT2D eigenvalue weighted by Gasteiger charge is -2.09. The molecule has 1 N–H and O–H groups in total. The third-order valence-corrected chi connectivity index (χ3v) is 2.91. The summed E-state index contributed by atoms with van der Waals surface area (Å²) in [5.74, 6) is 0.226. The molecule has 0 fully saturated rings. The lowest BCUT2D eigenvalue weighted by atomic mass is 10.2. The first kappa shape index (κ1) is 13.7. The average Bonchev–Trinajstić information content (AvgIpc) is 2.37. The van der Waals surface area contributed by atoms with Crippen LogP contribution in [0.3, 0.4) is 0 Å². The number of hydrogen-bond acceptors (Lipinski definition) is 2. The highest BCUT2D eigenvalue weighted by Gasteiger charge is 2.12. The quantitative estimate of drug-likeness (QED) is 0.919. The van der Waals surface area contributed by atoms with Crippen molar-refractivity contribution < 1.29 is 9.53 Å². The zero-order valence-electron chi connectivity index (χ0n) is 10.1. The van der Waals surface area contributed by atoms with E-state index in [1.54, 1.807) is 42.5 Å². The molecular weight excluding hydrogens is 285 g/mol.